The maximum atomic E-state index is 13.7. The van der Waals surface area contributed by atoms with Crippen molar-refractivity contribution in [3.63, 3.8) is 0 Å². The lowest BCUT2D eigenvalue weighted by Gasteiger charge is -2.16. The zero-order valence-electron chi connectivity index (χ0n) is 9.69. The smallest absolute Gasteiger partial charge is 0.326 e. The largest absolute Gasteiger partial charge is 0.390 e. The molecule has 1 atom stereocenters. The lowest BCUT2D eigenvalue weighted by atomic mass is 10.1. The Balaban J connectivity index is 2.52. The van der Waals surface area contributed by atoms with Crippen LogP contribution in [0.3, 0.4) is 0 Å². The second kappa shape index (κ2) is 5.88. The third-order valence-electron chi connectivity index (χ3n) is 2.44. The molecule has 0 spiro atoms. The highest BCUT2D eigenvalue weighted by Crippen LogP contribution is 2.43. The van der Waals surface area contributed by atoms with E-state index in [-0.39, 0.29) is 10.9 Å². The summed E-state index contributed by atoms with van der Waals surface area (Å²) in [5.41, 5.74) is -0.529. The van der Waals surface area contributed by atoms with Crippen LogP contribution in [0.4, 0.5) is 8.78 Å². The third kappa shape index (κ3) is 3.25. The summed E-state index contributed by atoms with van der Waals surface area (Å²) < 4.78 is 42.5. The first-order valence-electron chi connectivity index (χ1n) is 5.22. The molecular formula is C11H7BrF2NO3PS. The Bertz CT molecular complexity index is 728. The maximum Gasteiger partial charge on any atom is 0.390 e. The number of nitriles is 1. The molecule has 1 aromatic carbocycles. The van der Waals surface area contributed by atoms with Crippen LogP contribution in [-0.4, -0.2) is 4.89 Å². The molecule has 2 aromatic rings. The summed E-state index contributed by atoms with van der Waals surface area (Å²) in [6.07, 6.45) is -3.67. The molecular weight excluding hydrogens is 375 g/mol. The Morgan fingerprint density at radius 2 is 2.20 bits per heavy atom. The lowest BCUT2D eigenvalue weighted by molar-refractivity contribution is -0.186. The number of halogens is 3. The van der Waals surface area contributed by atoms with E-state index in [2.05, 4.69) is 20.5 Å². The second-order valence-corrected chi connectivity index (χ2v) is 6.56. The number of rotatable bonds is 4. The Hall–Kier alpha value is -0.840. The number of nitrogens with zero attached hydrogens (tertiary/aromatic N) is 1. The van der Waals surface area contributed by atoms with Gasteiger partial charge in [0.1, 0.15) is 0 Å². The van der Waals surface area contributed by atoms with Crippen LogP contribution in [-0.2, 0) is 21.6 Å². The molecule has 1 aromatic heterocycles. The van der Waals surface area contributed by atoms with E-state index in [4.69, 9.17) is 10.2 Å². The van der Waals surface area contributed by atoms with Gasteiger partial charge in [0.25, 0.3) is 0 Å². The first-order valence-corrected chi connectivity index (χ1v) is 8.10. The standard InChI is InChI=1S/C11H7BrF2NO3PS/c12-9-5-10-6(3-7(20-10)1-2-15)4-8(9)11(13,14)18-19(16)17/h3-5,19H,1H2,(H,16,17). The highest BCUT2D eigenvalue weighted by molar-refractivity contribution is 9.10. The predicted octanol–water partition coefficient (Wildman–Crippen LogP) is 4.18. The molecule has 4 nitrogen and oxygen atoms in total. The molecule has 1 N–H and O–H groups in total. The van der Waals surface area contributed by atoms with Crippen molar-refractivity contribution in [1.82, 2.24) is 0 Å². The van der Waals surface area contributed by atoms with E-state index in [9.17, 15) is 13.3 Å². The van der Waals surface area contributed by atoms with Crippen molar-refractivity contribution in [2.24, 2.45) is 0 Å². The minimum Gasteiger partial charge on any atom is -0.326 e. The predicted molar refractivity (Wildman–Crippen MR) is 75.0 cm³/mol. The van der Waals surface area contributed by atoms with Gasteiger partial charge in [-0.3, -0.25) is 4.57 Å². The first kappa shape index (κ1) is 15.5. The number of hydrogen-bond donors (Lipinski definition) is 1. The molecule has 1 unspecified atom stereocenters. The lowest BCUT2D eigenvalue weighted by Crippen LogP contribution is -2.15. The zero-order chi connectivity index (χ0) is 14.9. The van der Waals surface area contributed by atoms with Crippen molar-refractivity contribution >= 4 is 45.6 Å². The van der Waals surface area contributed by atoms with E-state index in [1.165, 1.54) is 23.5 Å². The van der Waals surface area contributed by atoms with Crippen molar-refractivity contribution < 1.29 is 22.8 Å². The van der Waals surface area contributed by atoms with Gasteiger partial charge < -0.3 is 4.89 Å². The molecule has 0 saturated heterocycles. The van der Waals surface area contributed by atoms with Gasteiger partial charge in [0.2, 0.25) is 0 Å². The topological polar surface area (TPSA) is 70.3 Å². The van der Waals surface area contributed by atoms with Gasteiger partial charge in [-0.15, -0.1) is 11.3 Å². The quantitative estimate of drug-likeness (QED) is 0.806. The van der Waals surface area contributed by atoms with E-state index in [0.29, 0.717) is 5.39 Å². The van der Waals surface area contributed by atoms with Gasteiger partial charge in [-0.2, -0.15) is 14.0 Å². The van der Waals surface area contributed by atoms with Crippen LogP contribution in [0, 0.1) is 11.3 Å². The molecule has 0 aliphatic carbocycles. The molecule has 0 radical (unpaired) electrons. The van der Waals surface area contributed by atoms with E-state index in [1.807, 2.05) is 6.07 Å². The number of alkyl halides is 2. The normalized spacial score (nSPS) is 13.3. The fraction of sp³-hybridized carbons (Fsp3) is 0.182. The summed E-state index contributed by atoms with van der Waals surface area (Å²) in [5, 5.41) is 9.16. The van der Waals surface area contributed by atoms with Crippen LogP contribution in [0.25, 0.3) is 10.1 Å². The van der Waals surface area contributed by atoms with E-state index >= 15 is 0 Å². The second-order valence-electron chi connectivity index (χ2n) is 3.80. The summed E-state index contributed by atoms with van der Waals surface area (Å²) in [7, 11) is -3.77. The van der Waals surface area contributed by atoms with Gasteiger partial charge in [0.15, 0.2) is 0 Å². The van der Waals surface area contributed by atoms with Crippen LogP contribution < -0.4 is 0 Å². The van der Waals surface area contributed by atoms with Gasteiger partial charge in [-0.1, -0.05) is 15.9 Å². The summed E-state index contributed by atoms with van der Waals surface area (Å²) in [4.78, 5) is 9.28. The van der Waals surface area contributed by atoms with Gasteiger partial charge >= 0.3 is 14.4 Å². The molecule has 20 heavy (non-hydrogen) atoms. The van der Waals surface area contributed by atoms with Crippen molar-refractivity contribution in [2.75, 3.05) is 0 Å². The number of benzene rings is 1. The molecule has 0 bridgehead atoms. The minimum absolute atomic E-state index is 0.0728. The Kier molecular flexibility index (Phi) is 4.57. The van der Waals surface area contributed by atoms with Gasteiger partial charge in [0.05, 0.1) is 18.1 Å². The van der Waals surface area contributed by atoms with Gasteiger partial charge in [0, 0.05) is 14.0 Å². The average Bonchev–Trinajstić information content (AvgIpc) is 2.67. The zero-order valence-corrected chi connectivity index (χ0v) is 13.1. The minimum atomic E-state index is -3.87. The molecule has 106 valence electrons. The van der Waals surface area contributed by atoms with E-state index in [0.717, 1.165) is 9.58 Å². The molecule has 0 fully saturated rings. The molecule has 1 heterocycles. The van der Waals surface area contributed by atoms with Gasteiger partial charge in [-0.25, -0.2) is 4.52 Å². The molecule has 0 aliphatic rings. The molecule has 0 saturated carbocycles. The van der Waals surface area contributed by atoms with Crippen molar-refractivity contribution in [3.05, 3.63) is 33.1 Å². The maximum absolute atomic E-state index is 13.7. The van der Waals surface area contributed by atoms with E-state index < -0.39 is 19.9 Å². The summed E-state index contributed by atoms with van der Waals surface area (Å²) >= 11 is 4.33. The molecule has 2 rings (SSSR count). The summed E-state index contributed by atoms with van der Waals surface area (Å²) in [6, 6.07) is 6.28. The van der Waals surface area contributed by atoms with E-state index in [1.54, 1.807) is 6.07 Å². The molecule has 9 heteroatoms. The van der Waals surface area contributed by atoms with Crippen LogP contribution >= 0.6 is 35.5 Å². The van der Waals surface area contributed by atoms with Crippen LogP contribution in [0.1, 0.15) is 10.4 Å². The van der Waals surface area contributed by atoms with Crippen molar-refractivity contribution in [3.8, 4) is 6.07 Å². The van der Waals surface area contributed by atoms with Crippen molar-refractivity contribution in [1.29, 1.82) is 5.26 Å². The van der Waals surface area contributed by atoms with Crippen LogP contribution in [0.15, 0.2) is 22.7 Å². The Morgan fingerprint density at radius 3 is 2.80 bits per heavy atom. The fourth-order valence-corrected chi connectivity index (χ4v) is 3.74. The summed E-state index contributed by atoms with van der Waals surface area (Å²) in [6.45, 7) is 0. The highest BCUT2D eigenvalue weighted by atomic mass is 79.9. The number of hydrogen-bond acceptors (Lipinski definition) is 4. The van der Waals surface area contributed by atoms with Crippen molar-refractivity contribution in [2.45, 2.75) is 12.5 Å². The van der Waals surface area contributed by atoms with Gasteiger partial charge in [-0.05, 0) is 23.6 Å². The molecule has 0 amide bonds. The SMILES string of the molecule is N#CCc1cc2cc(C(F)(F)O[PH](=O)O)c(Br)cc2s1. The van der Waals surface area contributed by atoms with Crippen LogP contribution in [0.5, 0.6) is 0 Å². The number of thiophene rings is 1. The Labute approximate surface area is 125 Å². The first-order chi connectivity index (χ1) is 9.33. The monoisotopic (exact) mass is 381 g/mol. The third-order valence-corrected chi connectivity index (χ3v) is 4.62. The molecule has 0 aliphatic heterocycles. The van der Waals surface area contributed by atoms with Crippen LogP contribution in [0.2, 0.25) is 0 Å². The highest BCUT2D eigenvalue weighted by Gasteiger charge is 2.37. The summed E-state index contributed by atoms with van der Waals surface area (Å²) in [5.74, 6) is 0. The fourth-order valence-electron chi connectivity index (χ4n) is 1.67. The Morgan fingerprint density at radius 1 is 1.50 bits per heavy atom. The average molecular weight is 382 g/mol. The number of fused-ring (bicyclic) bond motifs is 1.